The fourth-order valence-corrected chi connectivity index (χ4v) is 2.99. The summed E-state index contributed by atoms with van der Waals surface area (Å²) in [5.41, 5.74) is 1.12. The van der Waals surface area contributed by atoms with Crippen molar-refractivity contribution < 1.29 is 14.6 Å². The van der Waals surface area contributed by atoms with Crippen LogP contribution in [-0.4, -0.2) is 65.8 Å². The first-order chi connectivity index (χ1) is 13.7. The molecule has 0 saturated carbocycles. The quantitative estimate of drug-likeness (QED) is 0.482. The second kappa shape index (κ2) is 12.4. The van der Waals surface area contributed by atoms with E-state index in [1.165, 1.54) is 0 Å². The van der Waals surface area contributed by atoms with Crippen LogP contribution < -0.4 is 14.8 Å². The van der Waals surface area contributed by atoms with Gasteiger partial charge >= 0.3 is 0 Å². The molecule has 0 amide bonds. The normalized spacial score (nSPS) is 12.3. The van der Waals surface area contributed by atoms with Gasteiger partial charge in [-0.25, -0.2) is 0 Å². The lowest BCUT2D eigenvalue weighted by molar-refractivity contribution is 0.0705. The van der Waals surface area contributed by atoms with Gasteiger partial charge in [-0.15, -0.1) is 0 Å². The molecule has 2 aromatic rings. The second-order valence-corrected chi connectivity index (χ2v) is 6.74. The first-order valence-corrected chi connectivity index (χ1v) is 10.0. The van der Waals surface area contributed by atoms with E-state index in [2.05, 4.69) is 29.2 Å². The summed E-state index contributed by atoms with van der Waals surface area (Å²) in [4.78, 5) is 2.18. The largest absolute Gasteiger partial charge is 0.493 e. The topological polar surface area (TPSA) is 71.8 Å². The van der Waals surface area contributed by atoms with Crippen LogP contribution in [0.15, 0.2) is 36.7 Å². The maximum atomic E-state index is 10.2. The predicted octanol–water partition coefficient (Wildman–Crippen LogP) is 2.15. The van der Waals surface area contributed by atoms with Crippen LogP contribution in [0.3, 0.4) is 0 Å². The summed E-state index contributed by atoms with van der Waals surface area (Å²) in [5, 5.41) is 17.9. The molecule has 0 fully saturated rings. The van der Waals surface area contributed by atoms with Crippen molar-refractivity contribution in [1.82, 2.24) is 20.0 Å². The van der Waals surface area contributed by atoms with Gasteiger partial charge in [0.2, 0.25) is 0 Å². The third-order valence-corrected chi connectivity index (χ3v) is 4.65. The SMILES string of the molecule is CCN(CC)C[C@H](O)COc1cc(CNCCCn2cccn2)ccc1OC. The lowest BCUT2D eigenvalue weighted by Crippen LogP contribution is -2.35. The highest BCUT2D eigenvalue weighted by Crippen LogP contribution is 2.28. The Morgan fingerprint density at radius 1 is 1.25 bits per heavy atom. The number of aliphatic hydroxyl groups excluding tert-OH is 1. The minimum Gasteiger partial charge on any atom is -0.493 e. The number of aryl methyl sites for hydroxylation is 1. The number of rotatable bonds is 14. The van der Waals surface area contributed by atoms with Crippen LogP contribution in [-0.2, 0) is 13.1 Å². The molecule has 0 aliphatic heterocycles. The molecule has 0 saturated heterocycles. The van der Waals surface area contributed by atoms with Crippen molar-refractivity contribution in [3.8, 4) is 11.5 Å². The summed E-state index contributed by atoms with van der Waals surface area (Å²) in [6, 6.07) is 7.85. The molecule has 1 aromatic carbocycles. The molecular weight excluding hydrogens is 356 g/mol. The second-order valence-electron chi connectivity index (χ2n) is 6.74. The van der Waals surface area contributed by atoms with E-state index < -0.39 is 6.10 Å². The molecule has 1 aromatic heterocycles. The molecule has 0 spiro atoms. The minimum atomic E-state index is -0.534. The summed E-state index contributed by atoms with van der Waals surface area (Å²) in [7, 11) is 1.63. The number of hydrogen-bond donors (Lipinski definition) is 2. The molecule has 28 heavy (non-hydrogen) atoms. The van der Waals surface area contributed by atoms with E-state index in [0.717, 1.165) is 44.7 Å². The first kappa shape index (κ1) is 22.2. The monoisotopic (exact) mass is 390 g/mol. The van der Waals surface area contributed by atoms with Gasteiger partial charge in [0.05, 0.1) is 7.11 Å². The number of aliphatic hydroxyl groups is 1. The maximum absolute atomic E-state index is 10.2. The molecule has 1 atom stereocenters. The van der Waals surface area contributed by atoms with Crippen molar-refractivity contribution >= 4 is 0 Å². The maximum Gasteiger partial charge on any atom is 0.161 e. The van der Waals surface area contributed by atoms with Crippen molar-refractivity contribution in [2.45, 2.75) is 39.5 Å². The van der Waals surface area contributed by atoms with Crippen LogP contribution in [0.25, 0.3) is 0 Å². The number of benzene rings is 1. The number of methoxy groups -OCH3 is 1. The molecule has 156 valence electrons. The Balaban J connectivity index is 1.79. The average molecular weight is 391 g/mol. The Bertz CT molecular complexity index is 660. The van der Waals surface area contributed by atoms with Crippen molar-refractivity contribution in [2.24, 2.45) is 0 Å². The molecule has 0 radical (unpaired) electrons. The molecular formula is C21H34N4O3. The summed E-state index contributed by atoms with van der Waals surface area (Å²) in [6.07, 6.45) is 4.25. The summed E-state index contributed by atoms with van der Waals surface area (Å²) < 4.78 is 13.2. The van der Waals surface area contributed by atoms with Crippen LogP contribution in [0.2, 0.25) is 0 Å². The Kier molecular flexibility index (Phi) is 9.82. The van der Waals surface area contributed by atoms with Crippen LogP contribution >= 0.6 is 0 Å². The zero-order valence-corrected chi connectivity index (χ0v) is 17.3. The van der Waals surface area contributed by atoms with Gasteiger partial charge in [0.1, 0.15) is 12.7 Å². The van der Waals surface area contributed by atoms with Crippen molar-refractivity contribution in [3.05, 3.63) is 42.2 Å². The average Bonchev–Trinajstić information content (AvgIpc) is 3.23. The van der Waals surface area contributed by atoms with Gasteiger partial charge in [-0.05, 0) is 49.8 Å². The minimum absolute atomic E-state index is 0.244. The molecule has 0 unspecified atom stereocenters. The third kappa shape index (κ3) is 7.50. The van der Waals surface area contributed by atoms with Gasteiger partial charge in [0.25, 0.3) is 0 Å². The van der Waals surface area contributed by atoms with Crippen molar-refractivity contribution in [3.63, 3.8) is 0 Å². The summed E-state index contributed by atoms with van der Waals surface area (Å²) in [5.74, 6) is 1.34. The Morgan fingerprint density at radius 2 is 2.07 bits per heavy atom. The molecule has 0 bridgehead atoms. The highest BCUT2D eigenvalue weighted by molar-refractivity contribution is 5.43. The van der Waals surface area contributed by atoms with Crippen LogP contribution in [0, 0.1) is 0 Å². The van der Waals surface area contributed by atoms with Gasteiger partial charge < -0.3 is 24.8 Å². The Morgan fingerprint density at radius 3 is 2.75 bits per heavy atom. The van der Waals surface area contributed by atoms with Crippen LogP contribution in [0.5, 0.6) is 11.5 Å². The fourth-order valence-electron chi connectivity index (χ4n) is 2.99. The Hall–Kier alpha value is -2.09. The molecule has 7 nitrogen and oxygen atoms in total. The van der Waals surface area contributed by atoms with Crippen molar-refractivity contribution in [1.29, 1.82) is 0 Å². The van der Waals surface area contributed by atoms with Gasteiger partial charge in [-0.1, -0.05) is 19.9 Å². The van der Waals surface area contributed by atoms with Gasteiger partial charge in [-0.2, -0.15) is 5.10 Å². The molecule has 0 aliphatic carbocycles. The highest BCUT2D eigenvalue weighted by atomic mass is 16.5. The summed E-state index contributed by atoms with van der Waals surface area (Å²) >= 11 is 0. The first-order valence-electron chi connectivity index (χ1n) is 10.0. The zero-order valence-electron chi connectivity index (χ0n) is 17.3. The highest BCUT2D eigenvalue weighted by Gasteiger charge is 2.12. The smallest absolute Gasteiger partial charge is 0.161 e. The third-order valence-electron chi connectivity index (χ3n) is 4.65. The molecule has 7 heteroatoms. The van der Waals surface area contributed by atoms with E-state index in [1.54, 1.807) is 13.3 Å². The molecule has 1 heterocycles. The van der Waals surface area contributed by atoms with Crippen LogP contribution in [0.1, 0.15) is 25.8 Å². The summed E-state index contributed by atoms with van der Waals surface area (Å²) in [6.45, 7) is 9.42. The number of likely N-dealkylation sites (N-methyl/N-ethyl adjacent to an activating group) is 1. The van der Waals surface area contributed by atoms with E-state index in [-0.39, 0.29) is 6.61 Å². The van der Waals surface area contributed by atoms with E-state index >= 15 is 0 Å². The predicted molar refractivity (Wildman–Crippen MR) is 111 cm³/mol. The van der Waals surface area contributed by atoms with E-state index in [4.69, 9.17) is 9.47 Å². The molecule has 0 aliphatic rings. The number of hydrogen-bond acceptors (Lipinski definition) is 6. The van der Waals surface area contributed by atoms with Gasteiger partial charge in [0, 0.05) is 32.0 Å². The number of ether oxygens (including phenoxy) is 2. The van der Waals surface area contributed by atoms with Crippen molar-refractivity contribution in [2.75, 3.05) is 39.9 Å². The van der Waals surface area contributed by atoms with Gasteiger partial charge in [-0.3, -0.25) is 4.68 Å². The molecule has 2 N–H and O–H groups in total. The van der Waals surface area contributed by atoms with Crippen LogP contribution in [0.4, 0.5) is 0 Å². The number of nitrogens with one attached hydrogen (secondary N) is 1. The lowest BCUT2D eigenvalue weighted by Gasteiger charge is -2.22. The lowest BCUT2D eigenvalue weighted by atomic mass is 10.2. The zero-order chi connectivity index (χ0) is 20.2. The fraction of sp³-hybridized carbons (Fsp3) is 0.571. The molecule has 2 rings (SSSR count). The van der Waals surface area contributed by atoms with E-state index in [9.17, 15) is 5.11 Å². The number of nitrogens with zero attached hydrogens (tertiary/aromatic N) is 3. The number of aromatic nitrogens is 2. The van der Waals surface area contributed by atoms with E-state index in [0.29, 0.717) is 18.0 Å². The Labute approximate surface area is 168 Å². The van der Waals surface area contributed by atoms with Gasteiger partial charge in [0.15, 0.2) is 11.5 Å². The van der Waals surface area contributed by atoms with E-state index in [1.807, 2.05) is 35.1 Å². The standard InChI is InChI=1S/C21H34N4O3/c1-4-24(5-2)16-19(26)17-28-21-14-18(8-9-20(21)27-3)15-22-10-6-12-25-13-7-11-23-25/h7-9,11,13-14,19,22,26H,4-6,10,12,15-17H2,1-3H3/t19-/m0/s1.